The van der Waals surface area contributed by atoms with Gasteiger partial charge in [-0.1, -0.05) is 6.07 Å². The second-order valence-corrected chi connectivity index (χ2v) is 8.95. The lowest BCUT2D eigenvalue weighted by Gasteiger charge is -2.43. The Morgan fingerprint density at radius 2 is 1.85 bits per heavy atom. The minimum absolute atomic E-state index is 0.0482. The second-order valence-electron chi connectivity index (χ2n) is 8.95. The zero-order chi connectivity index (χ0) is 18.4. The van der Waals surface area contributed by atoms with E-state index in [0.717, 1.165) is 43.6 Å². The molecule has 2 aliphatic heterocycles. The summed E-state index contributed by atoms with van der Waals surface area (Å²) in [5, 5.41) is 0. The van der Waals surface area contributed by atoms with Crippen LogP contribution in [0.3, 0.4) is 0 Å². The lowest BCUT2D eigenvalue weighted by Crippen LogP contribution is -2.47. The van der Waals surface area contributed by atoms with E-state index in [9.17, 15) is 4.79 Å². The summed E-state index contributed by atoms with van der Waals surface area (Å²) in [5.41, 5.74) is 3.51. The first-order valence-electron chi connectivity index (χ1n) is 10.7. The van der Waals surface area contributed by atoms with Gasteiger partial charge in [0.25, 0.3) is 0 Å². The summed E-state index contributed by atoms with van der Waals surface area (Å²) in [6, 6.07) is 7.26. The summed E-state index contributed by atoms with van der Waals surface area (Å²) in [7, 11) is 0. The molecule has 5 heteroatoms. The first kappa shape index (κ1) is 17.5. The zero-order valence-electron chi connectivity index (χ0n) is 16.4. The van der Waals surface area contributed by atoms with Crippen molar-refractivity contribution in [2.45, 2.75) is 76.0 Å². The topological polar surface area (TPSA) is 50.3 Å². The molecule has 0 unspecified atom stereocenters. The Labute approximate surface area is 160 Å². The highest BCUT2D eigenvalue weighted by Gasteiger charge is 2.40. The van der Waals surface area contributed by atoms with Crippen molar-refractivity contribution in [2.75, 3.05) is 19.7 Å². The largest absolute Gasteiger partial charge is 0.375 e. The van der Waals surface area contributed by atoms with Gasteiger partial charge in [-0.05, 0) is 76.0 Å². The lowest BCUT2D eigenvalue weighted by atomic mass is 9.79. The number of imidazole rings is 1. The molecule has 3 aliphatic rings. The third-order valence-electron chi connectivity index (χ3n) is 7.31. The highest BCUT2D eigenvalue weighted by atomic mass is 16.5. The van der Waals surface area contributed by atoms with Crippen LogP contribution >= 0.6 is 0 Å². The van der Waals surface area contributed by atoms with Crippen LogP contribution in [0.4, 0.5) is 0 Å². The number of rotatable bonds is 2. The number of ether oxygens (including phenoxy) is 1. The van der Waals surface area contributed by atoms with Gasteiger partial charge in [0, 0.05) is 31.8 Å². The fourth-order valence-corrected chi connectivity index (χ4v) is 5.75. The van der Waals surface area contributed by atoms with Gasteiger partial charge in [-0.25, -0.2) is 4.79 Å². The lowest BCUT2D eigenvalue weighted by molar-refractivity contribution is -0.0451. The number of hydrogen-bond donors (Lipinski definition) is 1. The number of aromatic amines is 1. The number of aromatic nitrogens is 2. The molecule has 5 rings (SSSR count). The van der Waals surface area contributed by atoms with E-state index in [2.05, 4.69) is 28.9 Å². The number of nitrogens with one attached hydrogen (secondary N) is 1. The van der Waals surface area contributed by atoms with E-state index >= 15 is 0 Å². The van der Waals surface area contributed by atoms with Crippen LogP contribution in [0.15, 0.2) is 23.0 Å². The minimum atomic E-state index is 0.0482. The Hall–Kier alpha value is -1.59. The molecule has 0 atom stereocenters. The van der Waals surface area contributed by atoms with E-state index in [1.807, 2.05) is 10.6 Å². The highest BCUT2D eigenvalue weighted by Crippen LogP contribution is 2.41. The van der Waals surface area contributed by atoms with Crippen molar-refractivity contribution in [2.24, 2.45) is 0 Å². The molecule has 0 bridgehead atoms. The molecule has 1 aromatic heterocycles. The summed E-state index contributed by atoms with van der Waals surface area (Å²) in [6.45, 7) is 5.27. The monoisotopic (exact) mass is 369 g/mol. The number of H-pyrrole nitrogens is 1. The zero-order valence-corrected chi connectivity index (χ0v) is 16.4. The fraction of sp³-hybridized carbons (Fsp3) is 0.682. The van der Waals surface area contributed by atoms with Crippen LogP contribution in [0.25, 0.3) is 11.0 Å². The Bertz CT molecular complexity index is 859. The summed E-state index contributed by atoms with van der Waals surface area (Å²) in [5.74, 6) is 0. The maximum atomic E-state index is 12.6. The molecular formula is C22H31N3O2. The van der Waals surface area contributed by atoms with Crippen LogP contribution in [0.5, 0.6) is 0 Å². The third-order valence-corrected chi connectivity index (χ3v) is 7.31. The number of likely N-dealkylation sites (tertiary alicyclic amines) is 1. The number of hydrogen-bond acceptors (Lipinski definition) is 3. The Morgan fingerprint density at radius 3 is 2.56 bits per heavy atom. The molecule has 2 aromatic rings. The van der Waals surface area contributed by atoms with Gasteiger partial charge < -0.3 is 14.6 Å². The molecule has 2 saturated heterocycles. The van der Waals surface area contributed by atoms with Gasteiger partial charge in [0.1, 0.15) is 0 Å². The maximum Gasteiger partial charge on any atom is 0.326 e. The number of benzene rings is 1. The molecule has 146 valence electrons. The molecule has 3 heterocycles. The van der Waals surface area contributed by atoms with Crippen molar-refractivity contribution in [1.29, 1.82) is 0 Å². The molecule has 1 saturated carbocycles. The van der Waals surface area contributed by atoms with E-state index in [0.29, 0.717) is 12.1 Å². The van der Waals surface area contributed by atoms with Crippen molar-refractivity contribution in [1.82, 2.24) is 14.5 Å². The van der Waals surface area contributed by atoms with Gasteiger partial charge in [0.2, 0.25) is 0 Å². The normalized spacial score (nSPS) is 30.5. The average molecular weight is 370 g/mol. The Kier molecular flexibility index (Phi) is 4.40. The third kappa shape index (κ3) is 3.15. The van der Waals surface area contributed by atoms with Gasteiger partial charge in [0.15, 0.2) is 0 Å². The molecule has 0 amide bonds. The van der Waals surface area contributed by atoms with Crippen molar-refractivity contribution in [3.05, 3.63) is 34.2 Å². The van der Waals surface area contributed by atoms with Crippen molar-refractivity contribution >= 4 is 11.0 Å². The highest BCUT2D eigenvalue weighted by molar-refractivity contribution is 5.76. The van der Waals surface area contributed by atoms with Crippen molar-refractivity contribution < 1.29 is 4.74 Å². The molecule has 0 radical (unpaired) electrons. The van der Waals surface area contributed by atoms with E-state index in [-0.39, 0.29) is 11.3 Å². The van der Waals surface area contributed by atoms with Gasteiger partial charge >= 0.3 is 5.69 Å². The minimum Gasteiger partial charge on any atom is -0.375 e. The standard InChI is InChI=1S/C22H31N3O2/c1-16-3-4-19-20(15-16)25(21(26)23-19)18-7-12-24(13-8-18)17-5-10-22(11-6-17)9-2-14-27-22/h3-4,15,17-18H,2,5-14H2,1H3,(H,23,26)/t17-,22+. The molecule has 1 aliphatic carbocycles. The second kappa shape index (κ2) is 6.78. The Balaban J connectivity index is 1.25. The molecule has 5 nitrogen and oxygen atoms in total. The summed E-state index contributed by atoms with van der Waals surface area (Å²) in [4.78, 5) is 18.3. The summed E-state index contributed by atoms with van der Waals surface area (Å²) < 4.78 is 8.10. The molecule has 1 spiro atoms. The maximum absolute atomic E-state index is 12.6. The van der Waals surface area contributed by atoms with Gasteiger partial charge in [0.05, 0.1) is 16.6 Å². The van der Waals surface area contributed by atoms with E-state index in [4.69, 9.17) is 4.74 Å². The SMILES string of the molecule is Cc1ccc2[nH]c(=O)n(C3CCN([C@H]4CC[C@]5(CCCO5)CC4)CC3)c2c1. The van der Waals surface area contributed by atoms with Gasteiger partial charge in [-0.3, -0.25) is 4.57 Å². The van der Waals surface area contributed by atoms with E-state index < -0.39 is 0 Å². The van der Waals surface area contributed by atoms with Gasteiger partial charge in [-0.15, -0.1) is 0 Å². The smallest absolute Gasteiger partial charge is 0.326 e. The summed E-state index contributed by atoms with van der Waals surface area (Å²) >= 11 is 0. The van der Waals surface area contributed by atoms with Crippen LogP contribution in [0, 0.1) is 6.92 Å². The fourth-order valence-electron chi connectivity index (χ4n) is 5.75. The molecule has 27 heavy (non-hydrogen) atoms. The van der Waals surface area contributed by atoms with Crippen LogP contribution in [-0.2, 0) is 4.74 Å². The first-order chi connectivity index (χ1) is 13.1. The summed E-state index contributed by atoms with van der Waals surface area (Å²) in [6.07, 6.45) is 9.67. The van der Waals surface area contributed by atoms with E-state index in [1.54, 1.807) is 0 Å². The van der Waals surface area contributed by atoms with Crippen molar-refractivity contribution in [3.63, 3.8) is 0 Å². The Morgan fingerprint density at radius 1 is 1.07 bits per heavy atom. The molecular weight excluding hydrogens is 338 g/mol. The van der Waals surface area contributed by atoms with Crippen LogP contribution < -0.4 is 5.69 Å². The van der Waals surface area contributed by atoms with Crippen LogP contribution in [0.1, 0.15) is 63.0 Å². The molecule has 3 fully saturated rings. The quantitative estimate of drug-likeness (QED) is 0.877. The van der Waals surface area contributed by atoms with Crippen LogP contribution in [0.2, 0.25) is 0 Å². The van der Waals surface area contributed by atoms with E-state index in [1.165, 1.54) is 44.1 Å². The van der Waals surface area contributed by atoms with Crippen molar-refractivity contribution in [3.8, 4) is 0 Å². The average Bonchev–Trinajstić information content (AvgIpc) is 3.26. The predicted octanol–water partition coefficient (Wildman–Crippen LogP) is 3.77. The molecule has 1 N–H and O–H groups in total. The van der Waals surface area contributed by atoms with Gasteiger partial charge in [-0.2, -0.15) is 0 Å². The number of fused-ring (bicyclic) bond motifs is 1. The number of piperidine rings is 1. The van der Waals surface area contributed by atoms with Crippen LogP contribution in [-0.4, -0.2) is 45.8 Å². The molecule has 1 aromatic carbocycles. The number of aryl methyl sites for hydroxylation is 1. The number of nitrogens with zero attached hydrogens (tertiary/aromatic N) is 2. The predicted molar refractivity (Wildman–Crippen MR) is 107 cm³/mol. The first-order valence-corrected chi connectivity index (χ1v) is 10.7.